The summed E-state index contributed by atoms with van der Waals surface area (Å²) in [4.78, 5) is 21.1. The second-order valence-electron chi connectivity index (χ2n) is 5.50. The monoisotopic (exact) mass is 370 g/mol. The Labute approximate surface area is 150 Å². The van der Waals surface area contributed by atoms with E-state index in [0.29, 0.717) is 22.7 Å². The highest BCUT2D eigenvalue weighted by Crippen LogP contribution is 2.26. The molecule has 0 saturated carbocycles. The van der Waals surface area contributed by atoms with E-state index in [-0.39, 0.29) is 16.2 Å². The average molecular weight is 370 g/mol. The molecule has 8 heteroatoms. The largest absolute Gasteiger partial charge is 0.287 e. The van der Waals surface area contributed by atoms with Crippen LogP contribution >= 0.6 is 11.8 Å². The molecule has 0 saturated heterocycles. The SMILES string of the molecule is O=c1cc(CSc2cccc(F)c2F)nc2cc(-c3ccccn3)[nH]n12. The van der Waals surface area contributed by atoms with E-state index in [0.717, 1.165) is 17.8 Å². The van der Waals surface area contributed by atoms with Crippen molar-refractivity contribution in [3.05, 3.63) is 82.4 Å². The van der Waals surface area contributed by atoms with Crippen LogP contribution in [-0.2, 0) is 5.75 Å². The van der Waals surface area contributed by atoms with E-state index in [1.807, 2.05) is 12.1 Å². The van der Waals surface area contributed by atoms with E-state index >= 15 is 0 Å². The summed E-state index contributed by atoms with van der Waals surface area (Å²) in [5.41, 5.74) is 1.99. The summed E-state index contributed by atoms with van der Waals surface area (Å²) in [7, 11) is 0. The van der Waals surface area contributed by atoms with Gasteiger partial charge in [0.15, 0.2) is 17.3 Å². The minimum atomic E-state index is -0.899. The van der Waals surface area contributed by atoms with Gasteiger partial charge < -0.3 is 0 Å². The molecular weight excluding hydrogens is 358 g/mol. The maximum atomic E-state index is 13.7. The quantitative estimate of drug-likeness (QED) is 0.557. The van der Waals surface area contributed by atoms with E-state index in [1.165, 1.54) is 22.7 Å². The number of H-pyrrole nitrogens is 1. The predicted octanol–water partition coefficient (Wildman–Crippen LogP) is 3.66. The first kappa shape index (κ1) is 16.5. The zero-order chi connectivity index (χ0) is 18.1. The molecule has 0 amide bonds. The molecular formula is C18H12F2N4OS. The fraction of sp³-hybridized carbons (Fsp3) is 0.0556. The third-order valence-electron chi connectivity index (χ3n) is 3.74. The summed E-state index contributed by atoms with van der Waals surface area (Å²) < 4.78 is 28.3. The van der Waals surface area contributed by atoms with Crippen LogP contribution in [-0.4, -0.2) is 19.6 Å². The third kappa shape index (κ3) is 3.11. The molecule has 0 aliphatic heterocycles. The molecule has 5 nitrogen and oxygen atoms in total. The number of hydrogen-bond donors (Lipinski definition) is 1. The Balaban J connectivity index is 1.65. The molecule has 0 spiro atoms. The lowest BCUT2D eigenvalue weighted by atomic mass is 10.3. The van der Waals surface area contributed by atoms with Gasteiger partial charge in [0, 0.05) is 29.0 Å². The maximum absolute atomic E-state index is 13.7. The van der Waals surface area contributed by atoms with Gasteiger partial charge in [0.25, 0.3) is 5.56 Å². The molecule has 3 aromatic heterocycles. The van der Waals surface area contributed by atoms with Gasteiger partial charge in [0.1, 0.15) is 0 Å². The number of rotatable bonds is 4. The van der Waals surface area contributed by atoms with Crippen molar-refractivity contribution in [3.8, 4) is 11.4 Å². The molecule has 26 heavy (non-hydrogen) atoms. The van der Waals surface area contributed by atoms with Crippen LogP contribution < -0.4 is 5.56 Å². The van der Waals surface area contributed by atoms with Gasteiger partial charge in [0.05, 0.1) is 17.1 Å². The van der Waals surface area contributed by atoms with Crippen molar-refractivity contribution in [2.24, 2.45) is 0 Å². The highest BCUT2D eigenvalue weighted by molar-refractivity contribution is 7.98. The van der Waals surface area contributed by atoms with Gasteiger partial charge in [-0.25, -0.2) is 18.3 Å². The summed E-state index contributed by atoms with van der Waals surface area (Å²) in [6, 6.07) is 12.6. The topological polar surface area (TPSA) is 63.0 Å². The molecule has 0 bridgehead atoms. The van der Waals surface area contributed by atoms with Gasteiger partial charge in [-0.15, -0.1) is 11.8 Å². The zero-order valence-electron chi connectivity index (χ0n) is 13.3. The summed E-state index contributed by atoms with van der Waals surface area (Å²) in [6.45, 7) is 0. The van der Waals surface area contributed by atoms with Crippen molar-refractivity contribution in [2.75, 3.05) is 0 Å². The number of aromatic nitrogens is 4. The third-order valence-corrected chi connectivity index (χ3v) is 4.80. The number of fused-ring (bicyclic) bond motifs is 1. The van der Waals surface area contributed by atoms with Gasteiger partial charge in [-0.2, -0.15) is 0 Å². The van der Waals surface area contributed by atoms with Crippen LogP contribution in [0.1, 0.15) is 5.69 Å². The number of halogens is 2. The molecule has 3 heterocycles. The van der Waals surface area contributed by atoms with Crippen molar-refractivity contribution >= 4 is 17.4 Å². The van der Waals surface area contributed by atoms with Gasteiger partial charge in [-0.05, 0) is 24.3 Å². The first-order chi connectivity index (χ1) is 12.6. The van der Waals surface area contributed by atoms with E-state index in [1.54, 1.807) is 18.3 Å². The van der Waals surface area contributed by atoms with Gasteiger partial charge in [0.2, 0.25) is 0 Å². The molecule has 1 aromatic carbocycles. The number of nitrogens with zero attached hydrogens (tertiary/aromatic N) is 3. The minimum Gasteiger partial charge on any atom is -0.287 e. The van der Waals surface area contributed by atoms with E-state index in [2.05, 4.69) is 15.1 Å². The van der Waals surface area contributed by atoms with Crippen LogP contribution in [0.2, 0.25) is 0 Å². The highest BCUT2D eigenvalue weighted by atomic mass is 32.2. The van der Waals surface area contributed by atoms with Crippen molar-refractivity contribution in [1.29, 1.82) is 0 Å². The molecule has 1 N–H and O–H groups in total. The first-order valence-corrected chi connectivity index (χ1v) is 8.70. The van der Waals surface area contributed by atoms with Gasteiger partial charge >= 0.3 is 0 Å². The second kappa shape index (κ2) is 6.72. The normalized spacial score (nSPS) is 11.2. The Hall–Kier alpha value is -3.00. The van der Waals surface area contributed by atoms with Gasteiger partial charge in [-0.3, -0.25) is 14.9 Å². The van der Waals surface area contributed by atoms with Crippen LogP contribution in [0.25, 0.3) is 17.0 Å². The van der Waals surface area contributed by atoms with Crippen molar-refractivity contribution in [2.45, 2.75) is 10.6 Å². The minimum absolute atomic E-state index is 0.176. The summed E-state index contributed by atoms with van der Waals surface area (Å²) >= 11 is 1.09. The van der Waals surface area contributed by atoms with Crippen LogP contribution in [0.5, 0.6) is 0 Å². The first-order valence-electron chi connectivity index (χ1n) is 7.72. The molecule has 0 aliphatic rings. The molecule has 0 atom stereocenters. The fourth-order valence-corrected chi connectivity index (χ4v) is 3.37. The highest BCUT2D eigenvalue weighted by Gasteiger charge is 2.11. The smallest absolute Gasteiger partial charge is 0.272 e. The van der Waals surface area contributed by atoms with Crippen molar-refractivity contribution in [1.82, 2.24) is 19.6 Å². The molecule has 4 rings (SSSR count). The van der Waals surface area contributed by atoms with Crippen LogP contribution in [0.4, 0.5) is 8.78 Å². The average Bonchev–Trinajstić information content (AvgIpc) is 3.08. The van der Waals surface area contributed by atoms with Crippen LogP contribution in [0.3, 0.4) is 0 Å². The van der Waals surface area contributed by atoms with Crippen molar-refractivity contribution < 1.29 is 8.78 Å². The summed E-state index contributed by atoms with van der Waals surface area (Å²) in [6.07, 6.45) is 1.66. The lowest BCUT2D eigenvalue weighted by Gasteiger charge is -2.03. The number of nitrogens with one attached hydrogen (secondary N) is 1. The maximum Gasteiger partial charge on any atom is 0.272 e. The Bertz CT molecular complexity index is 1140. The molecule has 4 aromatic rings. The van der Waals surface area contributed by atoms with Crippen LogP contribution in [0, 0.1) is 11.6 Å². The van der Waals surface area contributed by atoms with Gasteiger partial charge in [-0.1, -0.05) is 12.1 Å². The predicted molar refractivity (Wildman–Crippen MR) is 95.0 cm³/mol. The molecule has 0 fully saturated rings. The molecule has 0 radical (unpaired) electrons. The molecule has 0 unspecified atom stereocenters. The number of thioether (sulfide) groups is 1. The number of hydrogen-bond acceptors (Lipinski definition) is 4. The van der Waals surface area contributed by atoms with E-state index in [9.17, 15) is 13.6 Å². The Morgan fingerprint density at radius 1 is 1.12 bits per heavy atom. The lowest BCUT2D eigenvalue weighted by molar-refractivity contribution is 0.491. The molecule has 0 aliphatic carbocycles. The summed E-state index contributed by atoms with van der Waals surface area (Å²) in [5.74, 6) is -1.55. The summed E-state index contributed by atoms with van der Waals surface area (Å²) in [5, 5.41) is 2.96. The van der Waals surface area contributed by atoms with Crippen molar-refractivity contribution in [3.63, 3.8) is 0 Å². The Morgan fingerprint density at radius 3 is 2.81 bits per heavy atom. The van der Waals surface area contributed by atoms with Crippen LogP contribution in [0.15, 0.2) is 64.4 Å². The number of benzene rings is 1. The van der Waals surface area contributed by atoms with E-state index in [4.69, 9.17) is 0 Å². The Kier molecular flexibility index (Phi) is 4.26. The second-order valence-corrected chi connectivity index (χ2v) is 6.52. The number of aromatic amines is 1. The lowest BCUT2D eigenvalue weighted by Crippen LogP contribution is -2.15. The standard InChI is InChI=1S/C18H12F2N4OS/c19-12-4-3-6-15(18(12)20)26-10-11-8-17(25)24-16(22-11)9-14(23-24)13-5-1-2-7-21-13/h1-9,23H,10H2. The zero-order valence-corrected chi connectivity index (χ0v) is 14.1. The number of pyridine rings is 1. The Morgan fingerprint density at radius 2 is 2.00 bits per heavy atom. The fourth-order valence-electron chi connectivity index (χ4n) is 2.51. The molecule has 130 valence electrons. The van der Waals surface area contributed by atoms with E-state index < -0.39 is 11.6 Å².